The second kappa shape index (κ2) is 5.03. The number of halogens is 1. The first-order valence-electron chi connectivity index (χ1n) is 6.37. The predicted molar refractivity (Wildman–Crippen MR) is 84.1 cm³/mol. The summed E-state index contributed by atoms with van der Waals surface area (Å²) in [4.78, 5) is 22.1. The average Bonchev–Trinajstić information content (AvgIpc) is 2.77. The molecule has 0 saturated carbocycles. The van der Waals surface area contributed by atoms with E-state index in [0.717, 1.165) is 27.4 Å². The van der Waals surface area contributed by atoms with Gasteiger partial charge in [-0.25, -0.2) is 4.98 Å². The summed E-state index contributed by atoms with van der Waals surface area (Å²) in [6.45, 7) is 1.44. The zero-order valence-electron chi connectivity index (χ0n) is 11.4. The molecule has 3 aromatic rings. The SMILES string of the molecule is CN(C)CCn1cnc2c([nH]c3ccc(Br)cc32)c1=O. The molecule has 0 bridgehead atoms. The van der Waals surface area contributed by atoms with Crippen LogP contribution in [0, 0.1) is 0 Å². The van der Waals surface area contributed by atoms with Crippen LogP contribution in [0.5, 0.6) is 0 Å². The highest BCUT2D eigenvalue weighted by Crippen LogP contribution is 2.24. The summed E-state index contributed by atoms with van der Waals surface area (Å²) < 4.78 is 2.62. The van der Waals surface area contributed by atoms with Gasteiger partial charge in [-0.2, -0.15) is 0 Å². The van der Waals surface area contributed by atoms with E-state index >= 15 is 0 Å². The monoisotopic (exact) mass is 334 g/mol. The van der Waals surface area contributed by atoms with Crippen LogP contribution < -0.4 is 5.56 Å². The van der Waals surface area contributed by atoms with Crippen molar-refractivity contribution in [2.45, 2.75) is 6.54 Å². The van der Waals surface area contributed by atoms with Crippen molar-refractivity contribution >= 4 is 37.9 Å². The molecule has 104 valence electrons. The van der Waals surface area contributed by atoms with Crippen molar-refractivity contribution in [3.8, 4) is 0 Å². The molecule has 20 heavy (non-hydrogen) atoms. The van der Waals surface area contributed by atoms with Crippen molar-refractivity contribution in [3.63, 3.8) is 0 Å². The lowest BCUT2D eigenvalue weighted by Crippen LogP contribution is -2.26. The molecule has 0 fully saturated rings. The van der Waals surface area contributed by atoms with Crippen LogP contribution in [0.4, 0.5) is 0 Å². The first kappa shape index (κ1) is 13.3. The van der Waals surface area contributed by atoms with Crippen LogP contribution in [-0.2, 0) is 6.54 Å². The highest BCUT2D eigenvalue weighted by molar-refractivity contribution is 9.10. The summed E-state index contributed by atoms with van der Waals surface area (Å²) in [7, 11) is 3.97. The molecule has 0 atom stereocenters. The van der Waals surface area contributed by atoms with Crippen LogP contribution in [0.3, 0.4) is 0 Å². The predicted octanol–water partition coefficient (Wildman–Crippen LogP) is 2.20. The third-order valence-electron chi connectivity index (χ3n) is 3.32. The summed E-state index contributed by atoms with van der Waals surface area (Å²) in [6.07, 6.45) is 1.63. The summed E-state index contributed by atoms with van der Waals surface area (Å²) in [5, 5.41) is 0.964. The molecule has 0 aliphatic rings. The summed E-state index contributed by atoms with van der Waals surface area (Å²) in [6, 6.07) is 5.87. The number of fused-ring (bicyclic) bond motifs is 3. The topological polar surface area (TPSA) is 53.9 Å². The lowest BCUT2D eigenvalue weighted by Gasteiger charge is -2.10. The fourth-order valence-electron chi connectivity index (χ4n) is 2.23. The minimum atomic E-state index is -0.0239. The van der Waals surface area contributed by atoms with E-state index in [0.29, 0.717) is 12.1 Å². The number of benzene rings is 1. The zero-order valence-corrected chi connectivity index (χ0v) is 12.9. The van der Waals surface area contributed by atoms with Gasteiger partial charge in [-0.05, 0) is 32.3 Å². The Morgan fingerprint density at radius 2 is 2.20 bits per heavy atom. The third kappa shape index (κ3) is 2.25. The van der Waals surface area contributed by atoms with Crippen LogP contribution in [-0.4, -0.2) is 40.1 Å². The fourth-order valence-corrected chi connectivity index (χ4v) is 2.59. The average molecular weight is 335 g/mol. The van der Waals surface area contributed by atoms with Crippen molar-refractivity contribution in [3.05, 3.63) is 39.4 Å². The van der Waals surface area contributed by atoms with Gasteiger partial charge in [0.2, 0.25) is 0 Å². The number of rotatable bonds is 3. The number of hydrogen-bond acceptors (Lipinski definition) is 3. The smallest absolute Gasteiger partial charge is 0.277 e. The Morgan fingerprint density at radius 1 is 1.40 bits per heavy atom. The Balaban J connectivity index is 2.18. The Hall–Kier alpha value is -1.66. The highest BCUT2D eigenvalue weighted by atomic mass is 79.9. The normalized spacial score (nSPS) is 11.8. The number of hydrogen-bond donors (Lipinski definition) is 1. The molecule has 0 spiro atoms. The second-order valence-electron chi connectivity index (χ2n) is 5.08. The van der Waals surface area contributed by atoms with Gasteiger partial charge in [-0.1, -0.05) is 15.9 Å². The molecule has 1 N–H and O–H groups in total. The maximum Gasteiger partial charge on any atom is 0.277 e. The molecule has 0 radical (unpaired) electrons. The second-order valence-corrected chi connectivity index (χ2v) is 6.00. The summed E-state index contributed by atoms with van der Waals surface area (Å²) >= 11 is 3.45. The van der Waals surface area contributed by atoms with Gasteiger partial charge in [0.05, 0.1) is 6.33 Å². The maximum absolute atomic E-state index is 12.5. The quantitative estimate of drug-likeness (QED) is 0.798. The highest BCUT2D eigenvalue weighted by Gasteiger charge is 2.11. The minimum Gasteiger partial charge on any atom is -0.349 e. The maximum atomic E-state index is 12.5. The van der Waals surface area contributed by atoms with Gasteiger partial charge in [0, 0.05) is 28.5 Å². The molecule has 0 unspecified atom stereocenters. The van der Waals surface area contributed by atoms with Gasteiger partial charge in [0.1, 0.15) is 11.0 Å². The van der Waals surface area contributed by atoms with Crippen molar-refractivity contribution in [2.75, 3.05) is 20.6 Å². The van der Waals surface area contributed by atoms with Gasteiger partial charge >= 0.3 is 0 Å². The molecule has 1 aromatic carbocycles. The van der Waals surface area contributed by atoms with E-state index < -0.39 is 0 Å². The molecular weight excluding hydrogens is 320 g/mol. The number of H-pyrrole nitrogens is 1. The van der Waals surface area contributed by atoms with Crippen LogP contribution in [0.25, 0.3) is 21.9 Å². The molecule has 3 rings (SSSR count). The molecule has 0 aliphatic carbocycles. The lowest BCUT2D eigenvalue weighted by molar-refractivity contribution is 0.380. The van der Waals surface area contributed by atoms with Gasteiger partial charge in [-0.15, -0.1) is 0 Å². The third-order valence-corrected chi connectivity index (χ3v) is 3.82. The number of nitrogens with one attached hydrogen (secondary N) is 1. The van der Waals surface area contributed by atoms with E-state index in [1.165, 1.54) is 0 Å². The first-order chi connectivity index (χ1) is 9.56. The zero-order chi connectivity index (χ0) is 14.3. The van der Waals surface area contributed by atoms with Gasteiger partial charge in [-0.3, -0.25) is 9.36 Å². The van der Waals surface area contributed by atoms with E-state index in [4.69, 9.17) is 0 Å². The molecule has 0 saturated heterocycles. The molecule has 6 heteroatoms. The van der Waals surface area contributed by atoms with Crippen LogP contribution in [0.15, 0.2) is 33.8 Å². The number of aromatic amines is 1. The van der Waals surface area contributed by atoms with Crippen LogP contribution >= 0.6 is 15.9 Å². The Kier molecular flexibility index (Phi) is 3.35. The van der Waals surface area contributed by atoms with E-state index in [9.17, 15) is 4.79 Å². The van der Waals surface area contributed by atoms with E-state index in [1.54, 1.807) is 10.9 Å². The summed E-state index contributed by atoms with van der Waals surface area (Å²) in [5.74, 6) is 0. The molecular formula is C14H15BrN4O. The molecule has 2 heterocycles. The molecule has 0 aliphatic heterocycles. The van der Waals surface area contributed by atoms with Gasteiger partial charge in [0.15, 0.2) is 0 Å². The van der Waals surface area contributed by atoms with E-state index in [2.05, 4.69) is 25.9 Å². The molecule has 0 amide bonds. The van der Waals surface area contributed by atoms with Crippen LogP contribution in [0.1, 0.15) is 0 Å². The van der Waals surface area contributed by atoms with Crippen molar-refractivity contribution < 1.29 is 0 Å². The Morgan fingerprint density at radius 3 is 2.95 bits per heavy atom. The Bertz CT molecular complexity index is 834. The van der Waals surface area contributed by atoms with Crippen molar-refractivity contribution in [2.24, 2.45) is 0 Å². The minimum absolute atomic E-state index is 0.0239. The lowest BCUT2D eigenvalue weighted by atomic mass is 10.2. The van der Waals surface area contributed by atoms with Gasteiger partial charge in [0.25, 0.3) is 5.56 Å². The van der Waals surface area contributed by atoms with E-state index in [-0.39, 0.29) is 5.56 Å². The fraction of sp³-hybridized carbons (Fsp3) is 0.286. The molecule has 5 nitrogen and oxygen atoms in total. The first-order valence-corrected chi connectivity index (χ1v) is 7.16. The molecule has 2 aromatic heterocycles. The Labute approximate surface area is 124 Å². The standard InChI is InChI=1S/C14H15BrN4O/c1-18(2)5-6-19-8-16-12-10-7-9(15)3-4-11(10)17-13(12)14(19)20/h3-4,7-8,17H,5-6H2,1-2H3. The van der Waals surface area contributed by atoms with Crippen LogP contribution in [0.2, 0.25) is 0 Å². The van der Waals surface area contributed by atoms with Crippen molar-refractivity contribution in [1.29, 1.82) is 0 Å². The van der Waals surface area contributed by atoms with E-state index in [1.807, 2.05) is 37.2 Å². The summed E-state index contributed by atoms with van der Waals surface area (Å²) in [5.41, 5.74) is 2.20. The number of aromatic nitrogens is 3. The van der Waals surface area contributed by atoms with Crippen molar-refractivity contribution in [1.82, 2.24) is 19.4 Å². The number of likely N-dealkylation sites (N-methyl/N-ethyl adjacent to an activating group) is 1. The largest absolute Gasteiger partial charge is 0.349 e. The number of nitrogens with zero attached hydrogens (tertiary/aromatic N) is 3. The van der Waals surface area contributed by atoms with Gasteiger partial charge < -0.3 is 9.88 Å².